The van der Waals surface area contributed by atoms with Crippen LogP contribution < -0.4 is 10.5 Å². The van der Waals surface area contributed by atoms with Crippen molar-refractivity contribution in [2.24, 2.45) is 0 Å². The smallest absolute Gasteiger partial charge is 0.258 e. The van der Waals surface area contributed by atoms with E-state index < -0.39 is 0 Å². The van der Waals surface area contributed by atoms with Gasteiger partial charge in [-0.05, 0) is 49.1 Å². The number of carbonyl (C=O) groups is 1. The number of carbonyl (C=O) groups excluding carboxylic acids is 1. The molecule has 4 aromatic rings. The molecule has 1 fully saturated rings. The zero-order valence-electron chi connectivity index (χ0n) is 21.9. The molecule has 0 radical (unpaired) electrons. The number of allylic oxidation sites excluding steroid dienone is 1. The summed E-state index contributed by atoms with van der Waals surface area (Å²) in [5.41, 5.74) is 5.39. The summed E-state index contributed by atoms with van der Waals surface area (Å²) >= 11 is 1.32. The van der Waals surface area contributed by atoms with E-state index >= 15 is 0 Å². The van der Waals surface area contributed by atoms with Crippen molar-refractivity contribution in [2.75, 3.05) is 10.7 Å². The zero-order valence-corrected chi connectivity index (χ0v) is 22.7. The second-order valence-corrected chi connectivity index (χ2v) is 11.3. The maximum absolute atomic E-state index is 14.2. The Morgan fingerprint density at radius 3 is 2.21 bits per heavy atom. The van der Waals surface area contributed by atoms with Gasteiger partial charge in [-0.15, -0.1) is 6.58 Å². The molecule has 1 amide bonds. The van der Waals surface area contributed by atoms with Crippen molar-refractivity contribution in [3.63, 3.8) is 0 Å². The van der Waals surface area contributed by atoms with Crippen LogP contribution in [0.2, 0.25) is 0 Å². The van der Waals surface area contributed by atoms with Gasteiger partial charge < -0.3 is 0 Å². The van der Waals surface area contributed by atoms with Gasteiger partial charge in [0.15, 0.2) is 5.16 Å². The van der Waals surface area contributed by atoms with Crippen LogP contribution in [0.25, 0.3) is 11.3 Å². The third kappa shape index (κ3) is 4.63. The quantitative estimate of drug-likeness (QED) is 0.147. The third-order valence-electron chi connectivity index (χ3n) is 7.94. The highest BCUT2D eigenvalue weighted by Gasteiger charge is 2.44. The predicted molar refractivity (Wildman–Crippen MR) is 159 cm³/mol. The number of amides is 1. The number of anilines is 2. The Morgan fingerprint density at radius 1 is 0.949 bits per heavy atom. The van der Waals surface area contributed by atoms with Crippen molar-refractivity contribution in [3.05, 3.63) is 119 Å². The van der Waals surface area contributed by atoms with E-state index in [1.807, 2.05) is 66.7 Å². The SMILES string of the molecule is C=CCn1c(SCC(=O)N(c2ccccc2)c2ccccc2)nc2c(c1=O)C1(CCCC1)Cc1ccccc1-2. The minimum Gasteiger partial charge on any atom is -0.283 e. The van der Waals surface area contributed by atoms with Crippen LogP contribution in [-0.2, 0) is 23.2 Å². The van der Waals surface area contributed by atoms with E-state index in [0.29, 0.717) is 11.7 Å². The van der Waals surface area contributed by atoms with Gasteiger partial charge in [0.25, 0.3) is 5.56 Å². The van der Waals surface area contributed by atoms with E-state index in [4.69, 9.17) is 4.98 Å². The first-order valence-corrected chi connectivity index (χ1v) is 14.5. The second kappa shape index (κ2) is 10.7. The topological polar surface area (TPSA) is 55.2 Å². The van der Waals surface area contributed by atoms with Gasteiger partial charge in [-0.3, -0.25) is 19.1 Å². The average molecular weight is 534 g/mol. The molecule has 6 rings (SSSR count). The van der Waals surface area contributed by atoms with E-state index in [1.54, 1.807) is 15.5 Å². The summed E-state index contributed by atoms with van der Waals surface area (Å²) in [6.07, 6.45) is 6.89. The standard InChI is InChI=1S/C33H31N3O2S/c1-2-21-35-31(38)29-30(27-18-10-9-13-24(27)22-33(29)19-11-12-20-33)34-32(35)39-23-28(37)36(25-14-5-3-6-15-25)26-16-7-4-8-17-26/h2-10,13-18H,1,11-12,19-23H2. The molecule has 3 aromatic carbocycles. The van der Waals surface area contributed by atoms with Crippen LogP contribution in [0.15, 0.2) is 108 Å². The number of para-hydroxylation sites is 2. The fourth-order valence-electron chi connectivity index (χ4n) is 6.23. The van der Waals surface area contributed by atoms with Gasteiger partial charge in [0.05, 0.1) is 17.0 Å². The fraction of sp³-hybridized carbons (Fsp3) is 0.242. The predicted octanol–water partition coefficient (Wildman–Crippen LogP) is 6.92. The van der Waals surface area contributed by atoms with Gasteiger partial charge in [-0.2, -0.15) is 0 Å². The summed E-state index contributed by atoms with van der Waals surface area (Å²) in [6.45, 7) is 4.26. The summed E-state index contributed by atoms with van der Waals surface area (Å²) in [5, 5.41) is 0.554. The highest BCUT2D eigenvalue weighted by Crippen LogP contribution is 2.50. The molecule has 196 valence electrons. The first kappa shape index (κ1) is 25.4. The lowest BCUT2D eigenvalue weighted by molar-refractivity contribution is -0.115. The molecule has 1 saturated carbocycles. The van der Waals surface area contributed by atoms with Gasteiger partial charge >= 0.3 is 0 Å². The van der Waals surface area contributed by atoms with E-state index in [0.717, 1.165) is 60.3 Å². The number of hydrogen-bond acceptors (Lipinski definition) is 4. The maximum atomic E-state index is 14.2. The normalized spacial score (nSPS) is 15.0. The summed E-state index contributed by atoms with van der Waals surface area (Å²) < 4.78 is 1.72. The molecular weight excluding hydrogens is 502 g/mol. The number of rotatable bonds is 7. The molecule has 0 unspecified atom stereocenters. The summed E-state index contributed by atoms with van der Waals surface area (Å²) in [5.74, 6) is 0.0565. The highest BCUT2D eigenvalue weighted by molar-refractivity contribution is 7.99. The monoisotopic (exact) mass is 533 g/mol. The molecule has 39 heavy (non-hydrogen) atoms. The summed E-state index contributed by atoms with van der Waals surface area (Å²) in [4.78, 5) is 34.8. The van der Waals surface area contributed by atoms with Crippen molar-refractivity contribution in [3.8, 4) is 11.3 Å². The first-order chi connectivity index (χ1) is 19.1. The first-order valence-electron chi connectivity index (χ1n) is 13.5. The van der Waals surface area contributed by atoms with Gasteiger partial charge in [-0.25, -0.2) is 4.98 Å². The van der Waals surface area contributed by atoms with E-state index in [1.165, 1.54) is 17.3 Å². The third-order valence-corrected chi connectivity index (χ3v) is 8.90. The second-order valence-electron chi connectivity index (χ2n) is 10.3. The highest BCUT2D eigenvalue weighted by atomic mass is 32.2. The number of thioether (sulfide) groups is 1. The van der Waals surface area contributed by atoms with Gasteiger partial charge in [0.2, 0.25) is 5.91 Å². The zero-order chi connectivity index (χ0) is 26.8. The van der Waals surface area contributed by atoms with Crippen LogP contribution in [0, 0.1) is 0 Å². The number of nitrogens with zero attached hydrogens (tertiary/aromatic N) is 3. The Kier molecular flexibility index (Phi) is 6.96. The Morgan fingerprint density at radius 2 is 1.56 bits per heavy atom. The lowest BCUT2D eigenvalue weighted by atomic mass is 9.68. The molecule has 5 nitrogen and oxygen atoms in total. The molecule has 1 heterocycles. The molecule has 0 bridgehead atoms. The van der Waals surface area contributed by atoms with E-state index in [9.17, 15) is 9.59 Å². The van der Waals surface area contributed by atoms with Crippen molar-refractivity contribution in [1.29, 1.82) is 0 Å². The van der Waals surface area contributed by atoms with Crippen molar-refractivity contribution in [1.82, 2.24) is 9.55 Å². The number of benzene rings is 3. The molecule has 0 N–H and O–H groups in total. The molecule has 2 aliphatic carbocycles. The Balaban J connectivity index is 1.41. The van der Waals surface area contributed by atoms with Crippen LogP contribution in [-0.4, -0.2) is 21.2 Å². The van der Waals surface area contributed by atoms with Gasteiger partial charge in [0.1, 0.15) is 0 Å². The summed E-state index contributed by atoms with van der Waals surface area (Å²) in [6, 6.07) is 27.6. The maximum Gasteiger partial charge on any atom is 0.258 e. The van der Waals surface area contributed by atoms with E-state index in [2.05, 4.69) is 24.8 Å². The molecule has 6 heteroatoms. The van der Waals surface area contributed by atoms with Crippen LogP contribution in [0.1, 0.15) is 36.8 Å². The molecule has 1 aromatic heterocycles. The Hall–Kier alpha value is -3.90. The minimum atomic E-state index is -0.160. The molecule has 2 aliphatic rings. The molecule has 0 saturated heterocycles. The Labute approximate surface area is 233 Å². The van der Waals surface area contributed by atoms with Crippen LogP contribution in [0.5, 0.6) is 0 Å². The largest absolute Gasteiger partial charge is 0.283 e. The lowest BCUT2D eigenvalue weighted by Crippen LogP contribution is -2.40. The van der Waals surface area contributed by atoms with E-state index in [-0.39, 0.29) is 22.6 Å². The molecule has 0 aliphatic heterocycles. The Bertz CT molecular complexity index is 1530. The summed E-state index contributed by atoms with van der Waals surface area (Å²) in [7, 11) is 0. The molecule has 0 atom stereocenters. The molecular formula is C33H31N3O2S. The van der Waals surface area contributed by atoms with Crippen LogP contribution in [0.4, 0.5) is 11.4 Å². The van der Waals surface area contributed by atoms with Crippen molar-refractivity contribution >= 4 is 29.0 Å². The van der Waals surface area contributed by atoms with Crippen LogP contribution in [0.3, 0.4) is 0 Å². The van der Waals surface area contributed by atoms with Crippen LogP contribution >= 0.6 is 11.8 Å². The average Bonchev–Trinajstić information content (AvgIpc) is 3.43. The van der Waals surface area contributed by atoms with Gasteiger partial charge in [-0.1, -0.05) is 91.3 Å². The van der Waals surface area contributed by atoms with Crippen molar-refractivity contribution < 1.29 is 4.79 Å². The number of aromatic nitrogens is 2. The fourth-order valence-corrected chi connectivity index (χ4v) is 7.08. The lowest BCUT2D eigenvalue weighted by Gasteiger charge is -2.36. The number of hydrogen-bond donors (Lipinski definition) is 0. The van der Waals surface area contributed by atoms with Gasteiger partial charge in [0, 0.05) is 28.9 Å². The molecule has 1 spiro atoms. The number of fused-ring (bicyclic) bond motifs is 4. The van der Waals surface area contributed by atoms with Crippen molar-refractivity contribution in [2.45, 2.75) is 49.2 Å². The minimum absolute atomic E-state index is 0.00854.